The van der Waals surface area contributed by atoms with Crippen LogP contribution in [-0.2, 0) is 20.5 Å². The molecule has 1 N–H and O–H groups in total. The van der Waals surface area contributed by atoms with Gasteiger partial charge in [-0.1, -0.05) is 6.92 Å². The summed E-state index contributed by atoms with van der Waals surface area (Å²) in [4.78, 5) is 41.9. The Morgan fingerprint density at radius 2 is 1.81 bits per heavy atom. The third-order valence-electron chi connectivity index (χ3n) is 4.52. The number of anilines is 1. The predicted molar refractivity (Wildman–Crippen MR) is 103 cm³/mol. The largest absolute Gasteiger partial charge is 0.497 e. The number of amides is 1. The van der Waals surface area contributed by atoms with E-state index >= 15 is 0 Å². The minimum absolute atomic E-state index is 0.209. The lowest BCUT2D eigenvalue weighted by atomic mass is 10.1. The molecular weight excluding hydrogens is 348 g/mol. The fourth-order valence-corrected chi connectivity index (χ4v) is 2.91. The van der Waals surface area contributed by atoms with Crippen molar-refractivity contribution in [3.63, 3.8) is 0 Å². The first-order valence-corrected chi connectivity index (χ1v) is 8.42. The van der Waals surface area contributed by atoms with Crippen LogP contribution in [0.3, 0.4) is 0 Å². The molecule has 0 unspecified atom stereocenters. The normalized spacial score (nSPS) is 10.8. The molecule has 0 spiro atoms. The minimum atomic E-state index is -0.499. The van der Waals surface area contributed by atoms with Crippen LogP contribution in [0.5, 0.6) is 5.75 Å². The van der Waals surface area contributed by atoms with Crippen molar-refractivity contribution in [3.8, 4) is 5.75 Å². The Balaban J connectivity index is 2.18. The lowest BCUT2D eigenvalue weighted by Gasteiger charge is -2.15. The number of fused-ring (bicyclic) bond motifs is 1. The standard InChI is InChI=1S/C19H20N4O4/c1-5-11-10-20-16-14(18(25)23(3)19(26)22(16)2)15(11)21-17(24)12-6-8-13(27-4)9-7-12/h6-10H,5H2,1-4H3,(H,20,21,24). The molecular formula is C19H20N4O4. The van der Waals surface area contributed by atoms with Crippen molar-refractivity contribution < 1.29 is 9.53 Å². The molecule has 140 valence electrons. The molecule has 27 heavy (non-hydrogen) atoms. The smallest absolute Gasteiger partial charge is 0.332 e. The topological polar surface area (TPSA) is 95.2 Å². The van der Waals surface area contributed by atoms with E-state index < -0.39 is 11.2 Å². The fraction of sp³-hybridized carbons (Fsp3) is 0.263. The summed E-state index contributed by atoms with van der Waals surface area (Å²) in [6.45, 7) is 1.90. The third kappa shape index (κ3) is 3.10. The number of ether oxygens (including phenoxy) is 1. The van der Waals surface area contributed by atoms with Crippen LogP contribution >= 0.6 is 0 Å². The molecule has 1 aromatic carbocycles. The number of benzene rings is 1. The summed E-state index contributed by atoms with van der Waals surface area (Å²) in [5.41, 5.74) is 0.757. The highest BCUT2D eigenvalue weighted by Gasteiger charge is 2.19. The van der Waals surface area contributed by atoms with Gasteiger partial charge in [-0.2, -0.15) is 0 Å². The molecule has 2 heterocycles. The van der Waals surface area contributed by atoms with Gasteiger partial charge in [0, 0.05) is 25.9 Å². The van der Waals surface area contributed by atoms with Gasteiger partial charge in [-0.05, 0) is 36.2 Å². The van der Waals surface area contributed by atoms with Gasteiger partial charge in [-0.15, -0.1) is 0 Å². The van der Waals surface area contributed by atoms with E-state index in [0.717, 1.165) is 4.57 Å². The summed E-state index contributed by atoms with van der Waals surface area (Å²) in [6.07, 6.45) is 2.14. The predicted octanol–water partition coefficient (Wildman–Crippen LogP) is 1.46. The second kappa shape index (κ2) is 7.06. The number of hydrogen-bond donors (Lipinski definition) is 1. The third-order valence-corrected chi connectivity index (χ3v) is 4.52. The highest BCUT2D eigenvalue weighted by atomic mass is 16.5. The molecule has 0 aliphatic heterocycles. The Morgan fingerprint density at radius 3 is 2.41 bits per heavy atom. The SMILES string of the molecule is CCc1cnc2c(c1NC(=O)c1ccc(OC)cc1)c(=O)n(C)c(=O)n2C. The number of carbonyl (C=O) groups is 1. The van der Waals surface area contributed by atoms with Crippen molar-refractivity contribution in [2.24, 2.45) is 14.1 Å². The molecule has 0 saturated carbocycles. The highest BCUT2D eigenvalue weighted by molar-refractivity contribution is 6.08. The summed E-state index contributed by atoms with van der Waals surface area (Å²) in [5.74, 6) is 0.273. The molecule has 8 nitrogen and oxygen atoms in total. The fourth-order valence-electron chi connectivity index (χ4n) is 2.91. The molecule has 0 aliphatic carbocycles. The molecule has 0 radical (unpaired) electrons. The van der Waals surface area contributed by atoms with Crippen LogP contribution in [0, 0.1) is 0 Å². The number of nitrogens with one attached hydrogen (secondary N) is 1. The zero-order valence-electron chi connectivity index (χ0n) is 15.6. The zero-order valence-corrected chi connectivity index (χ0v) is 15.6. The number of methoxy groups -OCH3 is 1. The summed E-state index contributed by atoms with van der Waals surface area (Å²) >= 11 is 0. The summed E-state index contributed by atoms with van der Waals surface area (Å²) in [7, 11) is 4.49. The Bertz CT molecular complexity index is 1140. The Labute approximate surface area is 155 Å². The van der Waals surface area contributed by atoms with E-state index in [9.17, 15) is 14.4 Å². The number of nitrogens with zero attached hydrogens (tertiary/aromatic N) is 3. The Morgan fingerprint density at radius 1 is 1.15 bits per heavy atom. The first kappa shape index (κ1) is 18.4. The van der Waals surface area contributed by atoms with Crippen molar-refractivity contribution in [1.82, 2.24) is 14.1 Å². The van der Waals surface area contributed by atoms with Crippen LogP contribution < -0.4 is 21.3 Å². The summed E-state index contributed by atoms with van der Waals surface area (Å²) in [5, 5.41) is 3.03. The first-order chi connectivity index (χ1) is 12.9. The van der Waals surface area contributed by atoms with Crippen molar-refractivity contribution in [2.45, 2.75) is 13.3 Å². The molecule has 3 rings (SSSR count). The summed E-state index contributed by atoms with van der Waals surface area (Å²) in [6, 6.07) is 6.64. The van der Waals surface area contributed by atoms with Gasteiger partial charge in [-0.25, -0.2) is 9.78 Å². The van der Waals surface area contributed by atoms with Crippen LogP contribution in [0.4, 0.5) is 5.69 Å². The number of carbonyl (C=O) groups excluding carboxylic acids is 1. The molecule has 1 amide bonds. The first-order valence-electron chi connectivity index (χ1n) is 8.42. The van der Waals surface area contributed by atoms with Crippen LogP contribution in [0.1, 0.15) is 22.8 Å². The van der Waals surface area contributed by atoms with Crippen LogP contribution in [0.25, 0.3) is 11.0 Å². The number of aryl methyl sites for hydroxylation is 2. The average Bonchev–Trinajstić information content (AvgIpc) is 2.70. The Hall–Kier alpha value is -3.42. The van der Waals surface area contributed by atoms with Crippen molar-refractivity contribution in [1.29, 1.82) is 0 Å². The van der Waals surface area contributed by atoms with E-state index in [1.807, 2.05) is 6.92 Å². The van der Waals surface area contributed by atoms with Gasteiger partial charge >= 0.3 is 5.69 Å². The maximum absolute atomic E-state index is 12.7. The molecule has 0 atom stereocenters. The number of aromatic nitrogens is 3. The lowest BCUT2D eigenvalue weighted by molar-refractivity contribution is 0.102. The molecule has 2 aromatic heterocycles. The molecule has 0 aliphatic rings. The van der Waals surface area contributed by atoms with E-state index in [2.05, 4.69) is 10.3 Å². The molecule has 3 aromatic rings. The van der Waals surface area contributed by atoms with E-state index in [1.165, 1.54) is 18.7 Å². The number of hydrogen-bond acceptors (Lipinski definition) is 5. The van der Waals surface area contributed by atoms with Crippen LogP contribution in [0.2, 0.25) is 0 Å². The minimum Gasteiger partial charge on any atom is -0.497 e. The van der Waals surface area contributed by atoms with Crippen molar-refractivity contribution >= 4 is 22.6 Å². The summed E-state index contributed by atoms with van der Waals surface area (Å²) < 4.78 is 7.40. The molecule has 0 saturated heterocycles. The molecule has 8 heteroatoms. The van der Waals surface area contributed by atoms with Crippen LogP contribution in [0.15, 0.2) is 40.1 Å². The van der Waals surface area contributed by atoms with Gasteiger partial charge < -0.3 is 10.1 Å². The lowest BCUT2D eigenvalue weighted by Crippen LogP contribution is -2.38. The molecule has 0 bridgehead atoms. The van der Waals surface area contributed by atoms with Gasteiger partial charge in [0.2, 0.25) is 0 Å². The van der Waals surface area contributed by atoms with Gasteiger partial charge in [0.1, 0.15) is 11.1 Å². The Kier molecular flexibility index (Phi) is 4.81. The van der Waals surface area contributed by atoms with E-state index in [1.54, 1.807) is 37.6 Å². The quantitative estimate of drug-likeness (QED) is 0.752. The maximum Gasteiger partial charge on any atom is 0.332 e. The second-order valence-corrected chi connectivity index (χ2v) is 6.10. The zero-order chi connectivity index (χ0) is 19.7. The van der Waals surface area contributed by atoms with Gasteiger partial charge in [0.05, 0.1) is 12.8 Å². The van der Waals surface area contributed by atoms with E-state index in [4.69, 9.17) is 4.74 Å². The number of rotatable bonds is 4. The average molecular weight is 368 g/mol. The monoisotopic (exact) mass is 368 g/mol. The van der Waals surface area contributed by atoms with Gasteiger partial charge in [0.15, 0.2) is 5.65 Å². The second-order valence-electron chi connectivity index (χ2n) is 6.10. The van der Waals surface area contributed by atoms with Gasteiger partial charge in [0.25, 0.3) is 11.5 Å². The van der Waals surface area contributed by atoms with E-state index in [0.29, 0.717) is 29.0 Å². The van der Waals surface area contributed by atoms with Crippen LogP contribution in [-0.4, -0.2) is 27.1 Å². The van der Waals surface area contributed by atoms with Gasteiger partial charge in [-0.3, -0.25) is 18.7 Å². The number of pyridine rings is 1. The van der Waals surface area contributed by atoms with E-state index in [-0.39, 0.29) is 16.9 Å². The molecule has 0 fully saturated rings. The maximum atomic E-state index is 12.7. The van der Waals surface area contributed by atoms with Crippen molar-refractivity contribution in [2.75, 3.05) is 12.4 Å². The highest BCUT2D eigenvalue weighted by Crippen LogP contribution is 2.24. The van der Waals surface area contributed by atoms with Crippen molar-refractivity contribution in [3.05, 3.63) is 62.4 Å².